The number of halogens is 7. The van der Waals surface area contributed by atoms with E-state index in [0.29, 0.717) is 6.42 Å². The second-order valence-corrected chi connectivity index (χ2v) is 5.80. The molecule has 0 bridgehead atoms. The van der Waals surface area contributed by atoms with Gasteiger partial charge < -0.3 is 0 Å². The van der Waals surface area contributed by atoms with E-state index in [2.05, 4.69) is 16.1 Å². The summed E-state index contributed by atoms with van der Waals surface area (Å²) in [6.07, 6.45) is -6.60. The summed E-state index contributed by atoms with van der Waals surface area (Å²) in [6, 6.07) is 4.09. The number of nitrogens with zero attached hydrogens (tertiary/aromatic N) is 2. The summed E-state index contributed by atoms with van der Waals surface area (Å²) in [5.74, 6) is -6.53. The third kappa shape index (κ3) is 7.68. The van der Waals surface area contributed by atoms with Gasteiger partial charge in [0.1, 0.15) is 0 Å². The van der Waals surface area contributed by atoms with E-state index in [-0.39, 0.29) is 6.42 Å². The predicted molar refractivity (Wildman–Crippen MR) is 93.5 cm³/mol. The first kappa shape index (κ1) is 25.1. The van der Waals surface area contributed by atoms with Gasteiger partial charge in [-0.15, -0.1) is 0 Å². The average Bonchev–Trinajstić information content (AvgIpc) is 2.54. The molecule has 0 aliphatic carbocycles. The highest BCUT2D eigenvalue weighted by Gasteiger charge is 2.61. The molecule has 0 radical (unpaired) electrons. The molecule has 0 amide bonds. The molecule has 27 heavy (non-hydrogen) atoms. The van der Waals surface area contributed by atoms with Crippen molar-refractivity contribution in [3.05, 3.63) is 34.4 Å². The Hall–Kier alpha value is -1.93. The van der Waals surface area contributed by atoms with Crippen LogP contribution in [-0.2, 0) is 6.42 Å². The number of amidine groups is 1. The Labute approximate surface area is 154 Å². The van der Waals surface area contributed by atoms with E-state index < -0.39 is 24.4 Å². The van der Waals surface area contributed by atoms with E-state index >= 15 is 0 Å². The van der Waals surface area contributed by atoms with Gasteiger partial charge in [-0.3, -0.25) is 4.99 Å². The Bertz CT molecular complexity index is 662. The molecule has 0 heterocycles. The highest BCUT2D eigenvalue weighted by Crippen LogP contribution is 2.36. The molecule has 0 unspecified atom stereocenters. The van der Waals surface area contributed by atoms with E-state index in [9.17, 15) is 30.7 Å². The molecule has 0 aliphatic rings. The number of aryl methyl sites for hydroxylation is 4. The maximum Gasteiger partial charge on any atom is 0.461 e. The van der Waals surface area contributed by atoms with Crippen LogP contribution in [0.3, 0.4) is 0 Å². The van der Waals surface area contributed by atoms with Crippen LogP contribution >= 0.6 is 0 Å². The lowest BCUT2D eigenvalue weighted by molar-refractivity contribution is -0.249. The quantitative estimate of drug-likeness (QED) is 0.331. The normalized spacial score (nSPS) is 13.1. The number of alkyl halides is 7. The zero-order valence-electron chi connectivity index (χ0n) is 15.8. The summed E-state index contributed by atoms with van der Waals surface area (Å²) in [6.45, 7) is 7.25. The van der Waals surface area contributed by atoms with Crippen molar-refractivity contribution in [2.24, 2.45) is 9.98 Å². The molecule has 1 rings (SSSR count). The molecule has 0 fully saturated rings. The summed E-state index contributed by atoms with van der Waals surface area (Å²) >= 11 is 0. The lowest BCUT2D eigenvalue weighted by atomic mass is 9.98. The van der Waals surface area contributed by atoms with Gasteiger partial charge >= 0.3 is 12.1 Å². The summed E-state index contributed by atoms with van der Waals surface area (Å²) in [5, 5.41) is 0. The van der Waals surface area contributed by atoms with Crippen molar-refractivity contribution < 1.29 is 30.7 Å². The van der Waals surface area contributed by atoms with E-state index in [0.717, 1.165) is 24.4 Å². The highest BCUT2D eigenvalue weighted by atomic mass is 19.4. The van der Waals surface area contributed by atoms with Crippen LogP contribution in [0.2, 0.25) is 0 Å². The molecule has 9 heteroatoms. The average molecular weight is 400 g/mol. The van der Waals surface area contributed by atoms with Gasteiger partial charge in [0, 0.05) is 19.7 Å². The Morgan fingerprint density at radius 3 is 1.93 bits per heavy atom. The molecule has 0 saturated carbocycles. The third-order valence-corrected chi connectivity index (χ3v) is 3.68. The molecule has 1 aromatic carbocycles. The molecule has 0 aliphatic heterocycles. The smallest absolute Gasteiger partial charge is 0.268 e. The minimum absolute atomic E-state index is 0.0384. The monoisotopic (exact) mass is 400 g/mol. The third-order valence-electron chi connectivity index (χ3n) is 3.68. The van der Waals surface area contributed by atoms with Crippen LogP contribution in [0.5, 0.6) is 0 Å². The number of rotatable bonds is 4. The lowest BCUT2D eigenvalue weighted by Crippen LogP contribution is -2.43. The fourth-order valence-electron chi connectivity index (χ4n) is 2.08. The van der Waals surface area contributed by atoms with Crippen LogP contribution < -0.4 is 0 Å². The van der Waals surface area contributed by atoms with Crippen molar-refractivity contribution in [2.45, 2.75) is 59.1 Å². The Kier molecular flexibility index (Phi) is 9.67. The predicted octanol–water partition coefficient (Wildman–Crippen LogP) is 6.11. The fourth-order valence-corrected chi connectivity index (χ4v) is 2.08. The maximum atomic E-state index is 12.4. The van der Waals surface area contributed by atoms with Crippen molar-refractivity contribution in [2.75, 3.05) is 7.05 Å². The van der Waals surface area contributed by atoms with Crippen LogP contribution in [0.15, 0.2) is 22.1 Å². The van der Waals surface area contributed by atoms with Gasteiger partial charge in [-0.2, -0.15) is 22.0 Å². The summed E-state index contributed by atoms with van der Waals surface area (Å²) in [7, 11) is 0.821. The Morgan fingerprint density at radius 1 is 1.00 bits per heavy atom. The molecule has 154 valence electrons. The number of aliphatic imine (C=N–C) groups is 2. The molecule has 0 N–H and O–H groups in total. The molecular formula is C18H23F7N2. The molecule has 0 spiro atoms. The van der Waals surface area contributed by atoms with E-state index in [4.69, 9.17) is 0 Å². The van der Waals surface area contributed by atoms with Gasteiger partial charge in [0.15, 0.2) is 0 Å². The number of hydrogen-bond donors (Lipinski definition) is 0. The van der Waals surface area contributed by atoms with Crippen molar-refractivity contribution in [1.82, 2.24) is 0 Å². The topological polar surface area (TPSA) is 24.7 Å². The molecule has 0 atom stereocenters. The van der Waals surface area contributed by atoms with Gasteiger partial charge in [0.05, 0.1) is 0 Å². The Balaban J connectivity index is 0.000000503. The van der Waals surface area contributed by atoms with E-state index in [1.807, 2.05) is 26.8 Å². The van der Waals surface area contributed by atoms with Gasteiger partial charge in [0.2, 0.25) is 12.3 Å². The van der Waals surface area contributed by atoms with Gasteiger partial charge in [-0.25, -0.2) is 13.8 Å². The summed E-state index contributed by atoms with van der Waals surface area (Å²) < 4.78 is 84.0. The molecule has 2 nitrogen and oxygen atoms in total. The standard InChI is InChI=1S/C12H16F2.C6H7F5N2/c1-8-6-10(3)11(7-9(8)2)4-5-12(13)14;1-3-13-4(12-2)5(7,8)6(9,10)11/h6-7,12H,4-5H2,1-3H3;3H,1-2H3. The minimum atomic E-state index is -5.66. The molecule has 1 aromatic rings. The zero-order chi connectivity index (χ0) is 21.4. The lowest BCUT2D eigenvalue weighted by Gasteiger charge is -2.18. The first-order chi connectivity index (χ1) is 12.3. The van der Waals surface area contributed by atoms with Gasteiger partial charge in [-0.1, -0.05) is 12.1 Å². The summed E-state index contributed by atoms with van der Waals surface area (Å²) in [4.78, 5) is 5.60. The van der Waals surface area contributed by atoms with Crippen LogP contribution in [0.4, 0.5) is 30.7 Å². The highest BCUT2D eigenvalue weighted by molar-refractivity contribution is 5.95. The minimum Gasteiger partial charge on any atom is -0.268 e. The molecule has 0 saturated heterocycles. The van der Waals surface area contributed by atoms with Gasteiger partial charge in [-0.05, 0) is 56.4 Å². The van der Waals surface area contributed by atoms with Crippen molar-refractivity contribution >= 4 is 12.1 Å². The second-order valence-electron chi connectivity index (χ2n) is 5.80. The first-order valence-electron chi connectivity index (χ1n) is 8.03. The van der Waals surface area contributed by atoms with Crippen molar-refractivity contribution in [3.8, 4) is 0 Å². The van der Waals surface area contributed by atoms with Crippen molar-refractivity contribution in [1.29, 1.82) is 0 Å². The molecule has 0 aromatic heterocycles. The van der Waals surface area contributed by atoms with Crippen molar-refractivity contribution in [3.63, 3.8) is 0 Å². The SMILES string of the molecule is CC=NC(=NC)C(F)(F)C(F)(F)F.Cc1cc(C)c(CCC(F)F)cc1C. The van der Waals surface area contributed by atoms with E-state index in [1.54, 1.807) is 0 Å². The maximum absolute atomic E-state index is 12.4. The second kappa shape index (κ2) is 10.4. The summed E-state index contributed by atoms with van der Waals surface area (Å²) in [5.41, 5.74) is 4.57. The van der Waals surface area contributed by atoms with Crippen LogP contribution in [-0.4, -0.2) is 37.6 Å². The largest absolute Gasteiger partial charge is 0.461 e. The van der Waals surface area contributed by atoms with Crippen LogP contribution in [0.1, 0.15) is 35.6 Å². The van der Waals surface area contributed by atoms with Crippen LogP contribution in [0, 0.1) is 20.8 Å². The van der Waals surface area contributed by atoms with Gasteiger partial charge in [0.25, 0.3) is 0 Å². The fraction of sp³-hybridized carbons (Fsp3) is 0.556. The first-order valence-corrected chi connectivity index (χ1v) is 8.03. The number of benzene rings is 1. The van der Waals surface area contributed by atoms with Crippen LogP contribution in [0.25, 0.3) is 0 Å². The molecular weight excluding hydrogens is 377 g/mol. The zero-order valence-corrected chi connectivity index (χ0v) is 15.8. The number of hydrogen-bond acceptors (Lipinski definition) is 1. The van der Waals surface area contributed by atoms with E-state index in [1.165, 1.54) is 18.1 Å². The Morgan fingerprint density at radius 2 is 1.52 bits per heavy atom.